The zero-order valence-corrected chi connectivity index (χ0v) is 16.9. The van der Waals surface area contributed by atoms with E-state index in [1.165, 1.54) is 6.40 Å². The van der Waals surface area contributed by atoms with Gasteiger partial charge < -0.3 is 14.4 Å². The first-order chi connectivity index (χ1) is 14.7. The Kier molecular flexibility index (Phi) is 3.93. The van der Waals surface area contributed by atoms with Crippen LogP contribution >= 0.6 is 0 Å². The van der Waals surface area contributed by atoms with Crippen molar-refractivity contribution in [1.82, 2.24) is 4.90 Å². The predicted molar refractivity (Wildman–Crippen MR) is 113 cm³/mol. The Balaban J connectivity index is 1.32. The van der Waals surface area contributed by atoms with E-state index in [1.54, 1.807) is 6.08 Å². The molecule has 1 spiro atoms. The highest BCUT2D eigenvalue weighted by Crippen LogP contribution is 2.66. The van der Waals surface area contributed by atoms with Crippen molar-refractivity contribution in [2.24, 2.45) is 28.3 Å². The fraction of sp³-hybridized carbons (Fsp3) is 0.417. The third-order valence-corrected chi connectivity index (χ3v) is 7.70. The molecule has 2 saturated heterocycles. The minimum atomic E-state index is -0.399. The van der Waals surface area contributed by atoms with Crippen LogP contribution in [0.25, 0.3) is 0 Å². The lowest BCUT2D eigenvalue weighted by Crippen LogP contribution is -2.64. The fourth-order valence-corrected chi connectivity index (χ4v) is 6.46. The standard InChI is InChI=1S/C24H25N3O3/c1-27-12-11-24-17-8-9-19(28)23(24)30-22-20(10-7-15(21(22)24)13-18(17)27)29-14-25-26-16-5-3-2-4-6-16/h2-10,14-15,17-18,21,23,26H,11-13H2,1H3/t15?,17-,18+,21?,23-,24-/m0/s1. The maximum Gasteiger partial charge on any atom is 0.199 e. The molecule has 2 bridgehead atoms. The van der Waals surface area contributed by atoms with Crippen molar-refractivity contribution in [2.75, 3.05) is 19.0 Å². The molecule has 3 fully saturated rings. The number of hydrazone groups is 1. The molecule has 6 nitrogen and oxygen atoms in total. The number of benzene rings is 1. The largest absolute Gasteiger partial charge is 0.482 e. The van der Waals surface area contributed by atoms with Gasteiger partial charge in [-0.15, -0.1) is 5.10 Å². The molecule has 30 heavy (non-hydrogen) atoms. The van der Waals surface area contributed by atoms with Gasteiger partial charge in [-0.05, 0) is 56.6 Å². The number of nitrogens with zero attached hydrogens (tertiary/aromatic N) is 2. The number of nitrogens with one attached hydrogen (secondary N) is 1. The van der Waals surface area contributed by atoms with E-state index in [2.05, 4.69) is 34.6 Å². The number of anilines is 1. The number of carbonyl (C=O) groups is 1. The summed E-state index contributed by atoms with van der Waals surface area (Å²) in [6.45, 7) is 1.00. The van der Waals surface area contributed by atoms with Crippen LogP contribution in [0.5, 0.6) is 0 Å². The van der Waals surface area contributed by atoms with Gasteiger partial charge in [0.15, 0.2) is 24.0 Å². The maximum atomic E-state index is 12.9. The number of rotatable bonds is 4. The quantitative estimate of drug-likeness (QED) is 0.475. The molecule has 1 aromatic rings. The van der Waals surface area contributed by atoms with Gasteiger partial charge in [-0.25, -0.2) is 0 Å². The SMILES string of the molecule is CN1CC[C@@]23C4C5=C(OC=NNc6ccccc6)C=CC4C[C@@H]1[C@@H]2C=CC(=O)[C@@H]3O5. The Bertz CT molecular complexity index is 998. The highest BCUT2D eigenvalue weighted by Gasteiger charge is 2.69. The Morgan fingerprint density at radius 2 is 2.13 bits per heavy atom. The van der Waals surface area contributed by atoms with Crippen molar-refractivity contribution in [3.63, 3.8) is 0 Å². The third-order valence-electron chi connectivity index (χ3n) is 7.70. The van der Waals surface area contributed by atoms with Crippen LogP contribution in [0.4, 0.5) is 5.69 Å². The van der Waals surface area contributed by atoms with E-state index < -0.39 is 6.10 Å². The van der Waals surface area contributed by atoms with Crippen LogP contribution in [-0.2, 0) is 14.3 Å². The maximum absolute atomic E-state index is 12.9. The summed E-state index contributed by atoms with van der Waals surface area (Å²) in [5.74, 6) is 2.52. The first kappa shape index (κ1) is 18.0. The Labute approximate surface area is 175 Å². The predicted octanol–water partition coefficient (Wildman–Crippen LogP) is 3.32. The number of likely N-dealkylation sites (tertiary alicyclic amines) is 1. The molecule has 1 N–H and O–H groups in total. The van der Waals surface area contributed by atoms with E-state index in [9.17, 15) is 4.79 Å². The second-order valence-electron chi connectivity index (χ2n) is 8.99. The number of hydrogen-bond acceptors (Lipinski definition) is 6. The number of hydrogen-bond donors (Lipinski definition) is 1. The summed E-state index contributed by atoms with van der Waals surface area (Å²) in [7, 11) is 2.21. The molecular formula is C24H25N3O3. The lowest BCUT2D eigenvalue weighted by atomic mass is 9.48. The number of piperidine rings is 1. The van der Waals surface area contributed by atoms with Crippen molar-refractivity contribution in [3.8, 4) is 0 Å². The zero-order chi connectivity index (χ0) is 20.3. The molecule has 6 rings (SSSR count). The van der Waals surface area contributed by atoms with E-state index in [0.717, 1.165) is 30.8 Å². The summed E-state index contributed by atoms with van der Waals surface area (Å²) in [5, 5.41) is 4.17. The molecule has 1 aromatic carbocycles. The minimum absolute atomic E-state index is 0.0934. The molecule has 2 heterocycles. The summed E-state index contributed by atoms with van der Waals surface area (Å²) in [4.78, 5) is 15.3. The number of para-hydroxylation sites is 1. The van der Waals surface area contributed by atoms with Gasteiger partial charge in [-0.3, -0.25) is 10.2 Å². The van der Waals surface area contributed by atoms with Gasteiger partial charge in [0.2, 0.25) is 0 Å². The molecule has 6 atom stereocenters. The van der Waals surface area contributed by atoms with Crippen LogP contribution in [-0.4, -0.2) is 42.8 Å². The molecule has 1 saturated carbocycles. The number of allylic oxidation sites excluding steroid dienone is 3. The van der Waals surface area contributed by atoms with Gasteiger partial charge in [-0.2, -0.15) is 0 Å². The normalized spacial score (nSPS) is 38.6. The summed E-state index contributed by atoms with van der Waals surface area (Å²) in [5.41, 5.74) is 3.69. The van der Waals surface area contributed by atoms with Crippen LogP contribution in [0.15, 0.2) is 71.3 Å². The van der Waals surface area contributed by atoms with Crippen LogP contribution in [0.1, 0.15) is 12.8 Å². The molecule has 0 amide bonds. The van der Waals surface area contributed by atoms with Crippen molar-refractivity contribution < 1.29 is 14.3 Å². The van der Waals surface area contributed by atoms with E-state index in [1.807, 2.05) is 36.4 Å². The highest BCUT2D eigenvalue weighted by atomic mass is 16.5. The van der Waals surface area contributed by atoms with Crippen LogP contribution in [0.2, 0.25) is 0 Å². The summed E-state index contributed by atoms with van der Waals surface area (Å²) >= 11 is 0. The van der Waals surface area contributed by atoms with E-state index in [4.69, 9.17) is 9.47 Å². The highest BCUT2D eigenvalue weighted by molar-refractivity contribution is 5.96. The van der Waals surface area contributed by atoms with Crippen molar-refractivity contribution in [1.29, 1.82) is 0 Å². The molecule has 2 unspecified atom stereocenters. The molecule has 5 aliphatic rings. The Morgan fingerprint density at radius 1 is 1.27 bits per heavy atom. The van der Waals surface area contributed by atoms with Crippen LogP contribution in [0, 0.1) is 23.2 Å². The number of ketones is 1. The fourth-order valence-electron chi connectivity index (χ4n) is 6.46. The lowest BCUT2D eigenvalue weighted by molar-refractivity contribution is -0.140. The van der Waals surface area contributed by atoms with Crippen LogP contribution in [0.3, 0.4) is 0 Å². The van der Waals surface area contributed by atoms with Crippen molar-refractivity contribution in [2.45, 2.75) is 25.0 Å². The van der Waals surface area contributed by atoms with Gasteiger partial charge in [0.25, 0.3) is 0 Å². The first-order valence-corrected chi connectivity index (χ1v) is 10.7. The van der Waals surface area contributed by atoms with Gasteiger partial charge in [0.05, 0.1) is 5.69 Å². The molecule has 154 valence electrons. The number of carbonyl (C=O) groups excluding carboxylic acids is 1. The smallest absolute Gasteiger partial charge is 0.199 e. The van der Waals surface area contributed by atoms with Crippen molar-refractivity contribution in [3.05, 3.63) is 66.2 Å². The average molecular weight is 403 g/mol. The Morgan fingerprint density at radius 3 is 3.00 bits per heavy atom. The third kappa shape index (κ3) is 2.40. The lowest BCUT2D eigenvalue weighted by Gasteiger charge is -2.59. The monoisotopic (exact) mass is 403 g/mol. The molecule has 2 aliphatic heterocycles. The van der Waals surface area contributed by atoms with E-state index >= 15 is 0 Å². The molecule has 0 aromatic heterocycles. The van der Waals surface area contributed by atoms with Gasteiger partial charge in [0, 0.05) is 23.3 Å². The van der Waals surface area contributed by atoms with Gasteiger partial charge in [0.1, 0.15) is 5.76 Å². The van der Waals surface area contributed by atoms with Crippen molar-refractivity contribution >= 4 is 17.9 Å². The molecular weight excluding hydrogens is 378 g/mol. The molecule has 6 heteroatoms. The average Bonchev–Trinajstić information content (AvgIpc) is 3.12. The summed E-state index contributed by atoms with van der Waals surface area (Å²) < 4.78 is 12.3. The van der Waals surface area contributed by atoms with Gasteiger partial charge >= 0.3 is 0 Å². The molecule has 3 aliphatic carbocycles. The second-order valence-corrected chi connectivity index (χ2v) is 8.99. The minimum Gasteiger partial charge on any atom is -0.482 e. The second kappa shape index (κ2) is 6.57. The first-order valence-electron chi connectivity index (χ1n) is 10.7. The summed E-state index contributed by atoms with van der Waals surface area (Å²) in [6, 6.07) is 10.2. The van der Waals surface area contributed by atoms with Gasteiger partial charge in [-0.1, -0.05) is 30.4 Å². The van der Waals surface area contributed by atoms with E-state index in [-0.39, 0.29) is 17.1 Å². The number of ether oxygens (including phenoxy) is 2. The van der Waals surface area contributed by atoms with E-state index in [0.29, 0.717) is 23.6 Å². The topological polar surface area (TPSA) is 63.2 Å². The summed E-state index contributed by atoms with van der Waals surface area (Å²) in [6.07, 6.45) is 11.2. The zero-order valence-electron chi connectivity index (χ0n) is 16.9. The Hall–Kier alpha value is -2.86. The van der Waals surface area contributed by atoms with Crippen LogP contribution < -0.4 is 5.43 Å². The molecule has 0 radical (unpaired) electrons.